The van der Waals surface area contributed by atoms with E-state index in [0.29, 0.717) is 6.07 Å². The number of hydrogen-bond acceptors (Lipinski definition) is 2. The monoisotopic (exact) mass is 315 g/mol. The van der Waals surface area contributed by atoms with Crippen molar-refractivity contribution in [2.24, 2.45) is 5.73 Å². The third-order valence-electron chi connectivity index (χ3n) is 2.11. The Morgan fingerprint density at radius 3 is 2.37 bits per heavy atom. The van der Waals surface area contributed by atoms with E-state index in [1.165, 1.54) is 6.92 Å². The molecule has 0 heterocycles. The van der Waals surface area contributed by atoms with E-state index in [9.17, 15) is 18.0 Å². The Kier molecular flexibility index (Phi) is 5.64. The molecule has 0 unspecified atom stereocenters. The molecular weight excluding hydrogens is 306 g/mol. The molecule has 0 spiro atoms. The van der Waals surface area contributed by atoms with Crippen LogP contribution in [-0.4, -0.2) is 11.9 Å². The molecule has 106 valence electrons. The van der Waals surface area contributed by atoms with Gasteiger partial charge in [-0.15, -0.1) is 12.4 Å². The van der Waals surface area contributed by atoms with Crippen molar-refractivity contribution >= 4 is 35.9 Å². The molecule has 0 aliphatic carbocycles. The number of nitrogens with one attached hydrogen (secondary N) is 2. The lowest BCUT2D eigenvalue weighted by atomic mass is 10.0. The zero-order valence-corrected chi connectivity index (χ0v) is 11.1. The highest BCUT2D eigenvalue weighted by atomic mass is 35.5. The lowest BCUT2D eigenvalue weighted by Crippen LogP contribution is -2.36. The normalized spacial score (nSPS) is 10.6. The predicted molar refractivity (Wildman–Crippen MR) is 67.8 cm³/mol. The number of halogens is 5. The van der Waals surface area contributed by atoms with E-state index in [0.717, 1.165) is 6.07 Å². The Morgan fingerprint density at radius 2 is 1.95 bits per heavy atom. The molecule has 4 N–H and O–H groups in total. The highest BCUT2D eigenvalue weighted by molar-refractivity contribution is 6.34. The second-order valence-electron chi connectivity index (χ2n) is 3.51. The van der Waals surface area contributed by atoms with Crippen LogP contribution in [0.3, 0.4) is 0 Å². The summed E-state index contributed by atoms with van der Waals surface area (Å²) in [5, 5.41) is 8.57. The summed E-state index contributed by atoms with van der Waals surface area (Å²) in [5.41, 5.74) is 3.49. The van der Waals surface area contributed by atoms with Crippen LogP contribution in [-0.2, 0) is 6.18 Å². The molecule has 19 heavy (non-hydrogen) atoms. The number of amides is 1. The molecule has 9 heteroatoms. The zero-order valence-electron chi connectivity index (χ0n) is 9.56. The standard InChI is InChI=1S/C10H9ClF3N3O.ClH/c1-4-2-7(11)5(8(18)17-9(15)16)3-6(4)10(12,13)14;/h2-3H,1H3,(H4,15,16,17,18);1H. The van der Waals surface area contributed by atoms with Gasteiger partial charge in [0.2, 0.25) is 0 Å². The van der Waals surface area contributed by atoms with E-state index in [4.69, 9.17) is 22.7 Å². The van der Waals surface area contributed by atoms with Gasteiger partial charge in [-0.25, -0.2) is 0 Å². The van der Waals surface area contributed by atoms with E-state index < -0.39 is 23.6 Å². The average molecular weight is 316 g/mol. The van der Waals surface area contributed by atoms with Crippen LogP contribution in [0.1, 0.15) is 21.5 Å². The molecule has 0 atom stereocenters. The molecule has 4 nitrogen and oxygen atoms in total. The highest BCUT2D eigenvalue weighted by Gasteiger charge is 2.33. The van der Waals surface area contributed by atoms with Crippen molar-refractivity contribution in [3.63, 3.8) is 0 Å². The second-order valence-corrected chi connectivity index (χ2v) is 3.92. The number of nitrogens with two attached hydrogens (primary N) is 1. The second kappa shape index (κ2) is 6.12. The SMILES string of the molecule is Cc1cc(Cl)c(C(=O)NC(=N)N)cc1C(F)(F)F.Cl. The number of carbonyl (C=O) groups is 1. The first-order chi connectivity index (χ1) is 8.12. The Morgan fingerprint density at radius 1 is 1.42 bits per heavy atom. The Labute approximate surface area is 118 Å². The molecule has 1 aromatic carbocycles. The van der Waals surface area contributed by atoms with Gasteiger partial charge in [0, 0.05) is 0 Å². The smallest absolute Gasteiger partial charge is 0.370 e. The summed E-state index contributed by atoms with van der Waals surface area (Å²) < 4.78 is 37.9. The summed E-state index contributed by atoms with van der Waals surface area (Å²) in [6.45, 7) is 1.24. The van der Waals surface area contributed by atoms with Gasteiger partial charge in [0.15, 0.2) is 5.96 Å². The molecule has 0 aliphatic heterocycles. The van der Waals surface area contributed by atoms with Crippen LogP contribution < -0.4 is 11.1 Å². The molecule has 1 rings (SSSR count). The molecule has 0 bridgehead atoms. The maximum Gasteiger partial charge on any atom is 0.416 e. The molecule has 0 fully saturated rings. The molecule has 1 aromatic rings. The molecule has 0 aliphatic rings. The number of benzene rings is 1. The Hall–Kier alpha value is -1.47. The number of aryl methyl sites for hydroxylation is 1. The van der Waals surface area contributed by atoms with E-state index in [2.05, 4.69) is 0 Å². The molecule has 0 saturated carbocycles. The number of guanidine groups is 1. The topological polar surface area (TPSA) is 79.0 Å². The lowest BCUT2D eigenvalue weighted by molar-refractivity contribution is -0.138. The lowest BCUT2D eigenvalue weighted by Gasteiger charge is -2.13. The fourth-order valence-corrected chi connectivity index (χ4v) is 1.65. The molecule has 1 amide bonds. The number of rotatable bonds is 1. The van der Waals surface area contributed by atoms with Crippen LogP contribution in [0.4, 0.5) is 13.2 Å². The third kappa shape index (κ3) is 4.29. The maximum atomic E-state index is 12.6. The van der Waals surface area contributed by atoms with Crippen LogP contribution in [0.5, 0.6) is 0 Å². The van der Waals surface area contributed by atoms with E-state index in [1.807, 2.05) is 5.32 Å². The Balaban J connectivity index is 0.00000324. The van der Waals surface area contributed by atoms with Crippen molar-refractivity contribution in [2.45, 2.75) is 13.1 Å². The van der Waals surface area contributed by atoms with Gasteiger partial charge >= 0.3 is 6.18 Å². The van der Waals surface area contributed by atoms with Crippen LogP contribution >= 0.6 is 24.0 Å². The fourth-order valence-electron chi connectivity index (χ4n) is 1.34. The first kappa shape index (κ1) is 17.5. The highest BCUT2D eigenvalue weighted by Crippen LogP contribution is 2.34. The molecule has 0 radical (unpaired) electrons. The van der Waals surface area contributed by atoms with Crippen molar-refractivity contribution in [2.75, 3.05) is 0 Å². The third-order valence-corrected chi connectivity index (χ3v) is 2.42. The van der Waals surface area contributed by atoms with Gasteiger partial charge < -0.3 is 5.73 Å². The van der Waals surface area contributed by atoms with Gasteiger partial charge in [0.05, 0.1) is 16.1 Å². The van der Waals surface area contributed by atoms with Crippen molar-refractivity contribution in [3.05, 3.63) is 33.8 Å². The van der Waals surface area contributed by atoms with Crippen LogP contribution in [0, 0.1) is 12.3 Å². The largest absolute Gasteiger partial charge is 0.416 e. The minimum absolute atomic E-state index is 0. The molecular formula is C10H10Cl2F3N3O. The molecule has 0 aromatic heterocycles. The summed E-state index contributed by atoms with van der Waals surface area (Å²) in [6, 6.07) is 1.68. The quantitative estimate of drug-likeness (QED) is 0.550. The van der Waals surface area contributed by atoms with Crippen LogP contribution in [0.25, 0.3) is 0 Å². The van der Waals surface area contributed by atoms with Gasteiger partial charge in [0.1, 0.15) is 0 Å². The van der Waals surface area contributed by atoms with Gasteiger partial charge in [-0.05, 0) is 24.6 Å². The van der Waals surface area contributed by atoms with Crippen molar-refractivity contribution in [3.8, 4) is 0 Å². The zero-order chi connectivity index (χ0) is 14.1. The fraction of sp³-hybridized carbons (Fsp3) is 0.200. The average Bonchev–Trinajstić information content (AvgIpc) is 2.13. The minimum atomic E-state index is -4.58. The Bertz CT molecular complexity index is 517. The summed E-state index contributed by atoms with van der Waals surface area (Å²) in [5.74, 6) is -1.64. The summed E-state index contributed by atoms with van der Waals surface area (Å²) >= 11 is 5.69. The number of alkyl halides is 3. The van der Waals surface area contributed by atoms with Crippen molar-refractivity contribution in [1.29, 1.82) is 5.41 Å². The van der Waals surface area contributed by atoms with E-state index >= 15 is 0 Å². The van der Waals surface area contributed by atoms with Gasteiger partial charge in [-0.1, -0.05) is 11.6 Å². The van der Waals surface area contributed by atoms with Gasteiger partial charge in [-0.2, -0.15) is 13.2 Å². The predicted octanol–water partition coefficient (Wildman–Crippen LogP) is 2.71. The number of hydrogen-bond donors (Lipinski definition) is 3. The maximum absolute atomic E-state index is 12.6. The van der Waals surface area contributed by atoms with Gasteiger partial charge in [-0.3, -0.25) is 15.5 Å². The van der Waals surface area contributed by atoms with E-state index in [1.54, 1.807) is 0 Å². The van der Waals surface area contributed by atoms with Crippen LogP contribution in [0.15, 0.2) is 12.1 Å². The van der Waals surface area contributed by atoms with E-state index in [-0.39, 0.29) is 28.6 Å². The van der Waals surface area contributed by atoms with Crippen molar-refractivity contribution in [1.82, 2.24) is 5.32 Å². The first-order valence-corrected chi connectivity index (χ1v) is 5.03. The minimum Gasteiger partial charge on any atom is -0.370 e. The summed E-state index contributed by atoms with van der Waals surface area (Å²) in [4.78, 5) is 11.5. The van der Waals surface area contributed by atoms with Crippen molar-refractivity contribution < 1.29 is 18.0 Å². The molecule has 0 saturated heterocycles. The summed E-state index contributed by atoms with van der Waals surface area (Å²) in [6.07, 6.45) is -4.58. The first-order valence-electron chi connectivity index (χ1n) is 4.65. The summed E-state index contributed by atoms with van der Waals surface area (Å²) in [7, 11) is 0. The van der Waals surface area contributed by atoms with Crippen LogP contribution in [0.2, 0.25) is 5.02 Å². The van der Waals surface area contributed by atoms with Gasteiger partial charge in [0.25, 0.3) is 5.91 Å². The number of carbonyl (C=O) groups excluding carboxylic acids is 1.